The number of pyridine rings is 1. The monoisotopic (exact) mass is 289 g/mol. The van der Waals surface area contributed by atoms with Crippen LogP contribution in [-0.4, -0.2) is 38.3 Å². The zero-order valence-corrected chi connectivity index (χ0v) is 13.4. The molecule has 0 aliphatic carbocycles. The molecule has 1 aliphatic rings. The van der Waals surface area contributed by atoms with Crippen molar-refractivity contribution in [3.05, 3.63) is 35.5 Å². The Morgan fingerprint density at radius 1 is 1.38 bits per heavy atom. The number of rotatable bonds is 7. The fraction of sp³-hybridized carbons (Fsp3) is 0.588. The summed E-state index contributed by atoms with van der Waals surface area (Å²) in [6, 6.07) is 6.29. The molecule has 1 aliphatic heterocycles. The molecule has 0 amide bonds. The summed E-state index contributed by atoms with van der Waals surface area (Å²) in [6.07, 6.45) is 3.32. The van der Waals surface area contributed by atoms with Gasteiger partial charge in [-0.3, -0.25) is 0 Å². The minimum atomic E-state index is 0.666. The average molecular weight is 289 g/mol. The lowest BCUT2D eigenvalue weighted by Crippen LogP contribution is -2.30. The number of hydrogen-bond donors (Lipinski definition) is 1. The number of hydrogen-bond acceptors (Lipinski definition) is 4. The lowest BCUT2D eigenvalue weighted by Gasteiger charge is -2.27. The molecule has 0 bridgehead atoms. The van der Waals surface area contributed by atoms with Gasteiger partial charge in [0.05, 0.1) is 12.3 Å². The molecule has 0 saturated heterocycles. The van der Waals surface area contributed by atoms with E-state index >= 15 is 0 Å². The van der Waals surface area contributed by atoms with Crippen LogP contribution in [0.5, 0.6) is 0 Å². The van der Waals surface area contributed by atoms with Crippen molar-refractivity contribution in [2.24, 2.45) is 5.92 Å². The molecule has 116 valence electrons. The molecule has 2 heterocycles. The SMILES string of the molecule is COCC1=CCN(c2cccc(CNCC(C)C)n2)CC1. The molecular weight excluding hydrogens is 262 g/mol. The van der Waals surface area contributed by atoms with Gasteiger partial charge in [0.25, 0.3) is 0 Å². The smallest absolute Gasteiger partial charge is 0.129 e. The van der Waals surface area contributed by atoms with Gasteiger partial charge < -0.3 is 15.0 Å². The van der Waals surface area contributed by atoms with Crippen molar-refractivity contribution >= 4 is 5.82 Å². The van der Waals surface area contributed by atoms with Crippen molar-refractivity contribution < 1.29 is 4.74 Å². The molecular formula is C17H27N3O. The maximum Gasteiger partial charge on any atom is 0.129 e. The van der Waals surface area contributed by atoms with Crippen LogP contribution in [0.3, 0.4) is 0 Å². The lowest BCUT2D eigenvalue weighted by molar-refractivity contribution is 0.222. The predicted molar refractivity (Wildman–Crippen MR) is 87.6 cm³/mol. The Labute approximate surface area is 128 Å². The zero-order valence-electron chi connectivity index (χ0n) is 13.4. The Balaban J connectivity index is 1.92. The van der Waals surface area contributed by atoms with Gasteiger partial charge in [-0.2, -0.15) is 0 Å². The highest BCUT2D eigenvalue weighted by atomic mass is 16.5. The Morgan fingerprint density at radius 3 is 2.90 bits per heavy atom. The molecule has 4 heteroatoms. The van der Waals surface area contributed by atoms with Crippen LogP contribution >= 0.6 is 0 Å². The van der Waals surface area contributed by atoms with Gasteiger partial charge in [0.15, 0.2) is 0 Å². The first-order valence-electron chi connectivity index (χ1n) is 7.77. The summed E-state index contributed by atoms with van der Waals surface area (Å²) in [4.78, 5) is 7.09. The highest BCUT2D eigenvalue weighted by Gasteiger charge is 2.13. The standard InChI is InChI=1S/C17H27N3O/c1-14(2)11-18-12-16-5-4-6-17(19-16)20-9-7-15(8-10-20)13-21-3/h4-7,14,18H,8-13H2,1-3H3. The summed E-state index contributed by atoms with van der Waals surface area (Å²) >= 11 is 0. The number of methoxy groups -OCH3 is 1. The van der Waals surface area contributed by atoms with Gasteiger partial charge in [0, 0.05) is 26.7 Å². The van der Waals surface area contributed by atoms with Crippen LogP contribution in [0, 0.1) is 5.92 Å². The molecule has 1 aromatic heterocycles. The van der Waals surface area contributed by atoms with E-state index < -0.39 is 0 Å². The van der Waals surface area contributed by atoms with Crippen LogP contribution in [0.25, 0.3) is 0 Å². The predicted octanol–water partition coefficient (Wildman–Crippen LogP) is 2.61. The van der Waals surface area contributed by atoms with Crippen molar-refractivity contribution in [3.8, 4) is 0 Å². The van der Waals surface area contributed by atoms with E-state index in [4.69, 9.17) is 9.72 Å². The van der Waals surface area contributed by atoms with Crippen molar-refractivity contribution in [1.29, 1.82) is 0 Å². The van der Waals surface area contributed by atoms with E-state index in [-0.39, 0.29) is 0 Å². The van der Waals surface area contributed by atoms with Crippen molar-refractivity contribution in [3.63, 3.8) is 0 Å². The molecule has 0 atom stereocenters. The minimum Gasteiger partial charge on any atom is -0.380 e. The van der Waals surface area contributed by atoms with E-state index in [9.17, 15) is 0 Å². The molecule has 0 aromatic carbocycles. The minimum absolute atomic E-state index is 0.666. The van der Waals surface area contributed by atoms with Crippen LogP contribution in [0.15, 0.2) is 29.8 Å². The summed E-state index contributed by atoms with van der Waals surface area (Å²) in [5, 5.41) is 3.45. The summed E-state index contributed by atoms with van der Waals surface area (Å²) in [6.45, 7) is 8.99. The second-order valence-electron chi connectivity index (χ2n) is 6.00. The molecule has 1 N–H and O–H groups in total. The van der Waals surface area contributed by atoms with Crippen molar-refractivity contribution in [1.82, 2.24) is 10.3 Å². The van der Waals surface area contributed by atoms with Crippen LogP contribution < -0.4 is 10.2 Å². The fourth-order valence-corrected chi connectivity index (χ4v) is 2.47. The first-order chi connectivity index (χ1) is 10.2. The van der Waals surface area contributed by atoms with E-state index in [1.54, 1.807) is 7.11 Å². The van der Waals surface area contributed by atoms with Crippen LogP contribution in [-0.2, 0) is 11.3 Å². The Morgan fingerprint density at radius 2 is 2.24 bits per heavy atom. The van der Waals surface area contributed by atoms with Gasteiger partial charge in [-0.25, -0.2) is 4.98 Å². The van der Waals surface area contributed by atoms with E-state index in [0.29, 0.717) is 5.92 Å². The summed E-state index contributed by atoms with van der Waals surface area (Å²) in [7, 11) is 1.75. The molecule has 0 spiro atoms. The van der Waals surface area contributed by atoms with Gasteiger partial charge in [-0.15, -0.1) is 0 Å². The Hall–Kier alpha value is -1.39. The van der Waals surface area contributed by atoms with Gasteiger partial charge >= 0.3 is 0 Å². The second-order valence-corrected chi connectivity index (χ2v) is 6.00. The van der Waals surface area contributed by atoms with Gasteiger partial charge in [0.2, 0.25) is 0 Å². The lowest BCUT2D eigenvalue weighted by atomic mass is 10.1. The number of anilines is 1. The largest absolute Gasteiger partial charge is 0.380 e. The second kappa shape index (κ2) is 8.15. The van der Waals surface area contributed by atoms with Crippen molar-refractivity contribution in [2.75, 3.05) is 38.3 Å². The van der Waals surface area contributed by atoms with E-state index in [1.165, 1.54) is 5.57 Å². The number of nitrogens with zero attached hydrogens (tertiary/aromatic N) is 2. The topological polar surface area (TPSA) is 37.4 Å². The van der Waals surface area contributed by atoms with Crippen LogP contribution in [0.2, 0.25) is 0 Å². The Bertz CT molecular complexity index is 471. The maximum absolute atomic E-state index is 5.19. The number of nitrogens with one attached hydrogen (secondary N) is 1. The first kappa shape index (κ1) is 16.0. The first-order valence-corrected chi connectivity index (χ1v) is 7.77. The fourth-order valence-electron chi connectivity index (χ4n) is 2.47. The quantitative estimate of drug-likeness (QED) is 0.783. The van der Waals surface area contributed by atoms with E-state index in [1.807, 2.05) is 0 Å². The third-order valence-electron chi connectivity index (χ3n) is 3.61. The van der Waals surface area contributed by atoms with Crippen LogP contribution in [0.1, 0.15) is 26.0 Å². The number of aromatic nitrogens is 1. The summed E-state index contributed by atoms with van der Waals surface area (Å²) < 4.78 is 5.19. The summed E-state index contributed by atoms with van der Waals surface area (Å²) in [5.41, 5.74) is 2.50. The third-order valence-corrected chi connectivity index (χ3v) is 3.61. The molecule has 1 aromatic rings. The van der Waals surface area contributed by atoms with Crippen molar-refractivity contribution in [2.45, 2.75) is 26.8 Å². The van der Waals surface area contributed by atoms with Gasteiger partial charge in [-0.1, -0.05) is 26.0 Å². The Kier molecular flexibility index (Phi) is 6.21. The molecule has 21 heavy (non-hydrogen) atoms. The molecule has 0 unspecified atom stereocenters. The van der Waals surface area contributed by atoms with Gasteiger partial charge in [0.1, 0.15) is 5.82 Å². The van der Waals surface area contributed by atoms with E-state index in [2.05, 4.69) is 48.3 Å². The zero-order chi connectivity index (χ0) is 15.1. The molecule has 2 rings (SSSR count). The molecule has 4 nitrogen and oxygen atoms in total. The average Bonchev–Trinajstić information content (AvgIpc) is 2.48. The van der Waals surface area contributed by atoms with Gasteiger partial charge in [-0.05, 0) is 36.6 Å². The number of ether oxygens (including phenoxy) is 1. The van der Waals surface area contributed by atoms with Crippen LogP contribution in [0.4, 0.5) is 5.82 Å². The van der Waals surface area contributed by atoms with E-state index in [0.717, 1.165) is 50.7 Å². The normalized spacial score (nSPS) is 15.4. The third kappa shape index (κ3) is 5.14. The highest BCUT2D eigenvalue weighted by Crippen LogP contribution is 2.18. The highest BCUT2D eigenvalue weighted by molar-refractivity contribution is 5.42. The molecule has 0 saturated carbocycles. The summed E-state index contributed by atoms with van der Waals surface area (Å²) in [5.74, 6) is 1.74. The molecule has 0 radical (unpaired) electrons. The maximum atomic E-state index is 5.19. The molecule has 0 fully saturated rings.